The van der Waals surface area contributed by atoms with E-state index in [0.29, 0.717) is 22.8 Å². The number of hydrogen-bond acceptors (Lipinski definition) is 3. The minimum absolute atomic E-state index is 0.329. The fourth-order valence-electron chi connectivity index (χ4n) is 0.941. The molecule has 0 aliphatic rings. The van der Waals surface area contributed by atoms with Crippen LogP contribution in [0.15, 0.2) is 18.3 Å². The van der Waals surface area contributed by atoms with Gasteiger partial charge in [0.25, 0.3) is 0 Å². The van der Waals surface area contributed by atoms with Crippen molar-refractivity contribution in [3.05, 3.63) is 29.2 Å². The highest BCUT2D eigenvalue weighted by Gasteiger charge is 2.02. The van der Waals surface area contributed by atoms with E-state index in [2.05, 4.69) is 10.1 Å². The van der Waals surface area contributed by atoms with Gasteiger partial charge in [-0.2, -0.15) is 5.10 Å². The lowest BCUT2D eigenvalue weighted by Crippen LogP contribution is -1.90. The summed E-state index contributed by atoms with van der Waals surface area (Å²) in [5.74, 6) is 0. The Morgan fingerprint density at radius 3 is 3.08 bits per heavy atom. The van der Waals surface area contributed by atoms with Gasteiger partial charge in [-0.05, 0) is 6.07 Å². The molecule has 0 fully saturated rings. The van der Waals surface area contributed by atoms with E-state index < -0.39 is 0 Å². The fourth-order valence-corrected chi connectivity index (χ4v) is 1.12. The van der Waals surface area contributed by atoms with Crippen LogP contribution in [0.5, 0.6) is 0 Å². The first-order valence-corrected chi connectivity index (χ1v) is 3.64. The average Bonchev–Trinajstić information content (AvgIpc) is 2.49. The Bertz CT molecular complexity index is 437. The molecule has 2 aromatic rings. The molecule has 2 aromatic heterocycles. The number of aldehydes is 1. The Balaban J connectivity index is 2.82. The van der Waals surface area contributed by atoms with Gasteiger partial charge < -0.3 is 0 Å². The third kappa shape index (κ3) is 0.967. The first kappa shape index (κ1) is 7.24. The van der Waals surface area contributed by atoms with E-state index in [1.807, 2.05) is 0 Å². The number of aromatic nitrogens is 3. The topological polar surface area (TPSA) is 47.3 Å². The average molecular weight is 182 g/mol. The van der Waals surface area contributed by atoms with Gasteiger partial charge in [0.1, 0.15) is 10.8 Å². The molecule has 0 radical (unpaired) electrons. The Morgan fingerprint density at radius 1 is 1.58 bits per heavy atom. The van der Waals surface area contributed by atoms with Crippen molar-refractivity contribution in [3.8, 4) is 0 Å². The smallest absolute Gasteiger partial charge is 0.170 e. The summed E-state index contributed by atoms with van der Waals surface area (Å²) in [7, 11) is 0. The highest BCUT2D eigenvalue weighted by atomic mass is 35.5. The van der Waals surface area contributed by atoms with Crippen LogP contribution in [0.3, 0.4) is 0 Å². The quantitative estimate of drug-likeness (QED) is 0.491. The predicted octanol–water partition coefficient (Wildman–Crippen LogP) is 1.20. The van der Waals surface area contributed by atoms with Gasteiger partial charge in [0, 0.05) is 12.3 Å². The monoisotopic (exact) mass is 181 g/mol. The zero-order chi connectivity index (χ0) is 8.55. The summed E-state index contributed by atoms with van der Waals surface area (Å²) in [6.45, 7) is 0. The first-order chi connectivity index (χ1) is 5.81. The maximum absolute atomic E-state index is 10.3. The van der Waals surface area contributed by atoms with Crippen molar-refractivity contribution < 1.29 is 4.79 Å². The van der Waals surface area contributed by atoms with Crippen molar-refractivity contribution in [2.45, 2.75) is 0 Å². The van der Waals surface area contributed by atoms with Gasteiger partial charge in [-0.1, -0.05) is 11.6 Å². The molecule has 0 aliphatic carbocycles. The second-order valence-corrected chi connectivity index (χ2v) is 2.61. The SMILES string of the molecule is O=Cc1cc2nccc(Cl)n2n1. The molecule has 0 N–H and O–H groups in total. The molecule has 0 spiro atoms. The molecule has 0 bridgehead atoms. The Labute approximate surface area is 72.8 Å². The number of hydrogen-bond donors (Lipinski definition) is 0. The third-order valence-electron chi connectivity index (χ3n) is 1.45. The molecular weight excluding hydrogens is 178 g/mol. The summed E-state index contributed by atoms with van der Waals surface area (Å²) in [4.78, 5) is 14.3. The molecule has 0 amide bonds. The molecular formula is C7H4ClN3O. The van der Waals surface area contributed by atoms with Crippen LogP contribution in [0.4, 0.5) is 0 Å². The molecule has 0 saturated carbocycles. The normalized spacial score (nSPS) is 10.4. The van der Waals surface area contributed by atoms with Crippen molar-refractivity contribution in [3.63, 3.8) is 0 Å². The van der Waals surface area contributed by atoms with Gasteiger partial charge in [-0.25, -0.2) is 9.50 Å². The van der Waals surface area contributed by atoms with Crippen LogP contribution >= 0.6 is 11.6 Å². The maximum Gasteiger partial charge on any atom is 0.170 e. The van der Waals surface area contributed by atoms with Gasteiger partial charge in [0.2, 0.25) is 0 Å². The number of fused-ring (bicyclic) bond motifs is 1. The van der Waals surface area contributed by atoms with Gasteiger partial charge in [0.05, 0.1) is 0 Å². The van der Waals surface area contributed by atoms with Crippen molar-refractivity contribution in [2.75, 3.05) is 0 Å². The molecule has 0 aromatic carbocycles. The third-order valence-corrected chi connectivity index (χ3v) is 1.74. The van der Waals surface area contributed by atoms with Crippen LogP contribution < -0.4 is 0 Å². The highest BCUT2D eigenvalue weighted by molar-refractivity contribution is 6.29. The largest absolute Gasteiger partial charge is 0.296 e. The van der Waals surface area contributed by atoms with Crippen LogP contribution in [-0.2, 0) is 0 Å². The van der Waals surface area contributed by atoms with Crippen LogP contribution in [0.1, 0.15) is 10.5 Å². The van der Waals surface area contributed by atoms with Crippen molar-refractivity contribution in [1.29, 1.82) is 0 Å². The number of carbonyl (C=O) groups excluding carboxylic acids is 1. The molecule has 12 heavy (non-hydrogen) atoms. The minimum atomic E-state index is 0.329. The van der Waals surface area contributed by atoms with E-state index in [1.54, 1.807) is 18.3 Å². The molecule has 4 nitrogen and oxygen atoms in total. The molecule has 60 valence electrons. The second-order valence-electron chi connectivity index (χ2n) is 2.22. The highest BCUT2D eigenvalue weighted by Crippen LogP contribution is 2.09. The summed E-state index contributed by atoms with van der Waals surface area (Å²) < 4.78 is 1.41. The van der Waals surface area contributed by atoms with Crippen molar-refractivity contribution in [2.24, 2.45) is 0 Å². The number of halogens is 1. The second kappa shape index (κ2) is 2.57. The number of carbonyl (C=O) groups is 1. The van der Waals surface area contributed by atoms with E-state index in [4.69, 9.17) is 11.6 Å². The molecule has 5 heteroatoms. The van der Waals surface area contributed by atoms with Crippen LogP contribution in [0.2, 0.25) is 5.15 Å². The summed E-state index contributed by atoms with van der Waals surface area (Å²) in [5, 5.41) is 4.32. The van der Waals surface area contributed by atoms with E-state index >= 15 is 0 Å². The van der Waals surface area contributed by atoms with Crippen LogP contribution in [0, 0.1) is 0 Å². The number of nitrogens with zero attached hydrogens (tertiary/aromatic N) is 3. The van der Waals surface area contributed by atoms with Gasteiger partial charge >= 0.3 is 0 Å². The van der Waals surface area contributed by atoms with Crippen molar-refractivity contribution in [1.82, 2.24) is 14.6 Å². The predicted molar refractivity (Wildman–Crippen MR) is 43.4 cm³/mol. The lowest BCUT2D eigenvalue weighted by Gasteiger charge is -1.92. The Hall–Kier alpha value is -1.42. The molecule has 0 atom stereocenters. The summed E-state index contributed by atoms with van der Waals surface area (Å²) in [5.41, 5.74) is 0.903. The minimum Gasteiger partial charge on any atom is -0.296 e. The van der Waals surface area contributed by atoms with Crippen LogP contribution in [0.25, 0.3) is 5.65 Å². The Kier molecular flexibility index (Phi) is 1.55. The van der Waals surface area contributed by atoms with Crippen molar-refractivity contribution >= 4 is 23.5 Å². The van der Waals surface area contributed by atoms with Gasteiger partial charge in [-0.15, -0.1) is 0 Å². The summed E-state index contributed by atoms with van der Waals surface area (Å²) in [6.07, 6.45) is 2.22. The number of rotatable bonds is 1. The molecule has 0 unspecified atom stereocenters. The van der Waals surface area contributed by atoms with Crippen LogP contribution in [-0.4, -0.2) is 20.9 Å². The fraction of sp³-hybridized carbons (Fsp3) is 0. The Morgan fingerprint density at radius 2 is 2.42 bits per heavy atom. The van der Waals surface area contributed by atoms with E-state index in [1.165, 1.54) is 4.52 Å². The lowest BCUT2D eigenvalue weighted by atomic mass is 10.5. The van der Waals surface area contributed by atoms with Gasteiger partial charge in [0.15, 0.2) is 11.9 Å². The maximum atomic E-state index is 10.3. The zero-order valence-corrected chi connectivity index (χ0v) is 6.69. The molecule has 2 heterocycles. The first-order valence-electron chi connectivity index (χ1n) is 3.27. The zero-order valence-electron chi connectivity index (χ0n) is 5.94. The molecule has 0 aliphatic heterocycles. The molecule has 0 saturated heterocycles. The van der Waals surface area contributed by atoms with E-state index in [-0.39, 0.29) is 0 Å². The lowest BCUT2D eigenvalue weighted by molar-refractivity contribution is 0.111. The van der Waals surface area contributed by atoms with Gasteiger partial charge in [-0.3, -0.25) is 4.79 Å². The van der Waals surface area contributed by atoms with E-state index in [0.717, 1.165) is 0 Å². The summed E-state index contributed by atoms with van der Waals surface area (Å²) in [6, 6.07) is 3.18. The molecule has 2 rings (SSSR count). The summed E-state index contributed by atoms with van der Waals surface area (Å²) >= 11 is 5.77. The standard InChI is InChI=1S/C7H4ClN3O/c8-6-1-2-9-7-3-5(4-12)10-11(6)7/h1-4H. The van der Waals surface area contributed by atoms with E-state index in [9.17, 15) is 4.79 Å².